The van der Waals surface area contributed by atoms with Gasteiger partial charge in [0, 0.05) is 6.42 Å². The van der Waals surface area contributed by atoms with Gasteiger partial charge in [0.05, 0.1) is 27.2 Å². The second kappa shape index (κ2) is 18.5. The molecule has 0 saturated heterocycles. The molecular weight excluding hydrogens is 388 g/mol. The van der Waals surface area contributed by atoms with Crippen molar-refractivity contribution in [2.75, 3.05) is 21.1 Å². The SMILES string of the molecule is CCCCCCCCCCCCCCCCCC(=O)NC(CC)C(C(=O)[O-])[N+](C)(C)C. The van der Waals surface area contributed by atoms with E-state index in [1.807, 2.05) is 28.1 Å². The molecule has 0 aliphatic carbocycles. The molecule has 2 atom stereocenters. The Balaban J connectivity index is 3.70. The molecule has 0 saturated carbocycles. The number of carboxylic acid groups (broad SMARTS) is 1. The summed E-state index contributed by atoms with van der Waals surface area (Å²) in [6, 6.07) is -1.14. The van der Waals surface area contributed by atoms with E-state index < -0.39 is 18.1 Å². The molecule has 0 aromatic carbocycles. The van der Waals surface area contributed by atoms with Gasteiger partial charge in [-0.1, -0.05) is 104 Å². The van der Waals surface area contributed by atoms with E-state index in [0.717, 1.165) is 12.8 Å². The standard InChI is InChI=1S/C26H52N2O3/c1-6-8-9-10-11-12-13-14-15-16-17-18-19-20-21-22-24(29)27-23(7-2)25(26(30)31)28(3,4)5/h23,25H,6-22H2,1-5H3,(H-,27,29,30,31). The maximum Gasteiger partial charge on any atom is 0.220 e. The van der Waals surface area contributed by atoms with Crippen molar-refractivity contribution in [1.29, 1.82) is 0 Å². The first-order valence-corrected chi connectivity index (χ1v) is 13.0. The molecule has 0 aliphatic rings. The van der Waals surface area contributed by atoms with Crippen LogP contribution in [-0.2, 0) is 9.59 Å². The lowest BCUT2D eigenvalue weighted by Crippen LogP contribution is -2.64. The molecule has 0 bridgehead atoms. The van der Waals surface area contributed by atoms with Crippen LogP contribution in [0, 0.1) is 0 Å². The van der Waals surface area contributed by atoms with Crippen LogP contribution in [-0.4, -0.2) is 49.6 Å². The summed E-state index contributed by atoms with van der Waals surface area (Å²) in [5.41, 5.74) is 0. The number of rotatable bonds is 21. The van der Waals surface area contributed by atoms with Crippen LogP contribution in [0.1, 0.15) is 123 Å². The zero-order chi connectivity index (χ0) is 23.5. The summed E-state index contributed by atoms with van der Waals surface area (Å²) in [6.07, 6.45) is 20.6. The maximum absolute atomic E-state index is 12.3. The zero-order valence-electron chi connectivity index (χ0n) is 21.3. The second-order valence-corrected chi connectivity index (χ2v) is 10.2. The quantitative estimate of drug-likeness (QED) is 0.202. The number of carbonyl (C=O) groups is 2. The monoisotopic (exact) mass is 440 g/mol. The molecule has 0 radical (unpaired) electrons. The first-order valence-electron chi connectivity index (χ1n) is 13.0. The first kappa shape index (κ1) is 29.9. The van der Waals surface area contributed by atoms with Gasteiger partial charge in [-0.25, -0.2) is 0 Å². The molecule has 184 valence electrons. The Labute approximate surface area is 192 Å². The van der Waals surface area contributed by atoms with E-state index in [1.165, 1.54) is 83.5 Å². The van der Waals surface area contributed by atoms with Crippen molar-refractivity contribution >= 4 is 11.9 Å². The van der Waals surface area contributed by atoms with Crippen LogP contribution in [0.4, 0.5) is 0 Å². The highest BCUT2D eigenvalue weighted by Crippen LogP contribution is 2.14. The molecule has 2 unspecified atom stereocenters. The van der Waals surface area contributed by atoms with E-state index in [1.54, 1.807) is 0 Å². The van der Waals surface area contributed by atoms with E-state index in [0.29, 0.717) is 12.8 Å². The Morgan fingerprint density at radius 3 is 1.42 bits per heavy atom. The smallest absolute Gasteiger partial charge is 0.220 e. The normalized spacial score (nSPS) is 13.7. The molecule has 1 amide bonds. The lowest BCUT2D eigenvalue weighted by molar-refractivity contribution is -0.890. The summed E-state index contributed by atoms with van der Waals surface area (Å²) in [5.74, 6) is -1.15. The Hall–Kier alpha value is -1.10. The third kappa shape index (κ3) is 16.2. The predicted molar refractivity (Wildman–Crippen MR) is 129 cm³/mol. The average molecular weight is 441 g/mol. The van der Waals surface area contributed by atoms with E-state index in [4.69, 9.17) is 0 Å². The third-order valence-corrected chi connectivity index (χ3v) is 6.25. The molecule has 0 aromatic heterocycles. The summed E-state index contributed by atoms with van der Waals surface area (Å²) in [4.78, 5) is 23.8. The number of aliphatic carboxylic acids is 1. The van der Waals surface area contributed by atoms with E-state index in [-0.39, 0.29) is 10.4 Å². The van der Waals surface area contributed by atoms with Crippen LogP contribution in [0.15, 0.2) is 0 Å². The van der Waals surface area contributed by atoms with E-state index in [2.05, 4.69) is 12.2 Å². The topological polar surface area (TPSA) is 69.2 Å². The number of carbonyl (C=O) groups excluding carboxylic acids is 2. The van der Waals surface area contributed by atoms with Gasteiger partial charge in [0.1, 0.15) is 12.0 Å². The number of quaternary nitrogens is 1. The van der Waals surface area contributed by atoms with Crippen molar-refractivity contribution in [3.8, 4) is 0 Å². The Morgan fingerprint density at radius 1 is 0.710 bits per heavy atom. The van der Waals surface area contributed by atoms with Gasteiger partial charge in [-0.05, 0) is 12.8 Å². The van der Waals surface area contributed by atoms with Crippen molar-refractivity contribution in [2.45, 2.75) is 135 Å². The molecule has 5 nitrogen and oxygen atoms in total. The molecular formula is C26H52N2O3. The fourth-order valence-electron chi connectivity index (χ4n) is 4.36. The second-order valence-electron chi connectivity index (χ2n) is 10.2. The molecule has 1 N–H and O–H groups in total. The summed E-state index contributed by atoms with van der Waals surface area (Å²) >= 11 is 0. The molecule has 31 heavy (non-hydrogen) atoms. The number of amides is 1. The van der Waals surface area contributed by atoms with Crippen molar-refractivity contribution < 1.29 is 19.2 Å². The van der Waals surface area contributed by atoms with Crippen molar-refractivity contribution in [2.24, 2.45) is 0 Å². The number of nitrogens with one attached hydrogen (secondary N) is 1. The molecule has 0 fully saturated rings. The highest BCUT2D eigenvalue weighted by Gasteiger charge is 2.33. The Bertz CT molecular complexity index is 460. The molecule has 0 aliphatic heterocycles. The zero-order valence-corrected chi connectivity index (χ0v) is 21.3. The number of nitrogens with zero attached hydrogens (tertiary/aromatic N) is 1. The molecule has 0 aromatic rings. The van der Waals surface area contributed by atoms with Gasteiger partial charge in [0.2, 0.25) is 5.91 Å². The van der Waals surface area contributed by atoms with Crippen molar-refractivity contribution in [3.05, 3.63) is 0 Å². The minimum absolute atomic E-state index is 0.0405. The summed E-state index contributed by atoms with van der Waals surface area (Å²) < 4.78 is 0.236. The van der Waals surface area contributed by atoms with Crippen LogP contribution >= 0.6 is 0 Å². The maximum atomic E-state index is 12.3. The highest BCUT2D eigenvalue weighted by atomic mass is 16.4. The fraction of sp³-hybridized carbons (Fsp3) is 0.923. The van der Waals surface area contributed by atoms with Gasteiger partial charge in [-0.3, -0.25) is 4.79 Å². The van der Waals surface area contributed by atoms with Crippen LogP contribution < -0.4 is 10.4 Å². The molecule has 5 heteroatoms. The highest BCUT2D eigenvalue weighted by molar-refractivity contribution is 5.78. The van der Waals surface area contributed by atoms with Crippen LogP contribution in [0.5, 0.6) is 0 Å². The molecule has 0 rings (SSSR count). The van der Waals surface area contributed by atoms with Gasteiger partial charge < -0.3 is 19.7 Å². The van der Waals surface area contributed by atoms with Crippen molar-refractivity contribution in [3.63, 3.8) is 0 Å². The van der Waals surface area contributed by atoms with Crippen molar-refractivity contribution in [1.82, 2.24) is 5.32 Å². The summed E-state index contributed by atoms with van der Waals surface area (Å²) in [6.45, 7) is 4.17. The lowest BCUT2D eigenvalue weighted by Gasteiger charge is -2.39. The Kier molecular flexibility index (Phi) is 17.8. The number of likely N-dealkylation sites (N-methyl/N-ethyl adjacent to an activating group) is 1. The number of hydrogen-bond donors (Lipinski definition) is 1. The van der Waals surface area contributed by atoms with Gasteiger partial charge in [0.25, 0.3) is 0 Å². The fourth-order valence-corrected chi connectivity index (χ4v) is 4.36. The number of unbranched alkanes of at least 4 members (excludes halogenated alkanes) is 14. The number of hydrogen-bond acceptors (Lipinski definition) is 3. The summed E-state index contributed by atoms with van der Waals surface area (Å²) in [7, 11) is 5.47. The Morgan fingerprint density at radius 2 is 1.10 bits per heavy atom. The van der Waals surface area contributed by atoms with Crippen LogP contribution in [0.3, 0.4) is 0 Å². The lowest BCUT2D eigenvalue weighted by atomic mass is 10.0. The first-order chi connectivity index (χ1) is 14.7. The van der Waals surface area contributed by atoms with Gasteiger partial charge in [-0.15, -0.1) is 0 Å². The van der Waals surface area contributed by atoms with Gasteiger partial charge in [-0.2, -0.15) is 0 Å². The van der Waals surface area contributed by atoms with E-state index >= 15 is 0 Å². The largest absolute Gasteiger partial charge is 0.544 e. The molecule has 0 heterocycles. The van der Waals surface area contributed by atoms with Crippen LogP contribution in [0.25, 0.3) is 0 Å². The van der Waals surface area contributed by atoms with Gasteiger partial charge in [0.15, 0.2) is 0 Å². The minimum Gasteiger partial charge on any atom is -0.544 e. The average Bonchev–Trinajstić information content (AvgIpc) is 2.69. The molecule has 0 spiro atoms. The van der Waals surface area contributed by atoms with Gasteiger partial charge >= 0.3 is 0 Å². The predicted octanol–water partition coefficient (Wildman–Crippen LogP) is 4.97. The van der Waals surface area contributed by atoms with Crippen LogP contribution in [0.2, 0.25) is 0 Å². The third-order valence-electron chi connectivity index (χ3n) is 6.25. The summed E-state index contributed by atoms with van der Waals surface area (Å²) in [5, 5.41) is 14.5. The van der Waals surface area contributed by atoms with E-state index in [9.17, 15) is 14.7 Å². The number of carboxylic acids is 1. The minimum atomic E-state index is -1.10.